The van der Waals surface area contributed by atoms with E-state index in [4.69, 9.17) is 0 Å². The van der Waals surface area contributed by atoms with Crippen LogP contribution in [-0.4, -0.2) is 52.8 Å². The summed E-state index contributed by atoms with van der Waals surface area (Å²) in [6, 6.07) is 4.15. The lowest BCUT2D eigenvalue weighted by molar-refractivity contribution is 0.0531. The molecule has 0 bridgehead atoms. The quantitative estimate of drug-likeness (QED) is 0.882. The molecule has 8 heteroatoms. The van der Waals surface area contributed by atoms with Crippen molar-refractivity contribution in [1.82, 2.24) is 14.8 Å². The average molecular weight is 361 g/mol. The van der Waals surface area contributed by atoms with Crippen LogP contribution >= 0.6 is 0 Å². The minimum absolute atomic E-state index is 0.0416. The summed E-state index contributed by atoms with van der Waals surface area (Å²) in [5, 5.41) is 0. The molecule has 1 aliphatic heterocycles. The van der Waals surface area contributed by atoms with Gasteiger partial charge in [-0.25, -0.2) is 8.78 Å². The normalized spacial score (nSPS) is 14.4. The number of nitrogens with one attached hydrogen (secondary N) is 1. The third-order valence-electron chi connectivity index (χ3n) is 4.30. The Labute approximate surface area is 148 Å². The molecule has 6 nitrogen and oxygen atoms in total. The van der Waals surface area contributed by atoms with Crippen molar-refractivity contribution in [1.29, 1.82) is 0 Å². The SMILES string of the molecule is Cc1cc(=O)c(C(=O)N2CCN(C(=O)c3ccc(F)cc3F)CC2)c[nH]1. The van der Waals surface area contributed by atoms with Crippen LogP contribution in [0.2, 0.25) is 0 Å². The van der Waals surface area contributed by atoms with Gasteiger partial charge in [-0.15, -0.1) is 0 Å². The lowest BCUT2D eigenvalue weighted by Gasteiger charge is -2.34. The maximum Gasteiger partial charge on any atom is 0.259 e. The summed E-state index contributed by atoms with van der Waals surface area (Å²) in [5.74, 6) is -2.63. The first kappa shape index (κ1) is 17.8. The molecule has 0 aliphatic carbocycles. The Bertz CT molecular complexity index is 918. The van der Waals surface area contributed by atoms with Crippen molar-refractivity contribution >= 4 is 11.8 Å². The summed E-state index contributed by atoms with van der Waals surface area (Å²) < 4.78 is 26.7. The van der Waals surface area contributed by atoms with Gasteiger partial charge in [0.1, 0.15) is 17.2 Å². The highest BCUT2D eigenvalue weighted by atomic mass is 19.1. The fourth-order valence-corrected chi connectivity index (χ4v) is 2.86. The van der Waals surface area contributed by atoms with E-state index in [1.807, 2.05) is 0 Å². The first-order chi connectivity index (χ1) is 12.4. The van der Waals surface area contributed by atoms with Crippen LogP contribution in [0.1, 0.15) is 26.4 Å². The number of piperazine rings is 1. The molecule has 1 fully saturated rings. The van der Waals surface area contributed by atoms with Gasteiger partial charge >= 0.3 is 0 Å². The van der Waals surface area contributed by atoms with E-state index in [1.54, 1.807) is 6.92 Å². The van der Waals surface area contributed by atoms with E-state index < -0.39 is 23.4 Å². The van der Waals surface area contributed by atoms with E-state index in [0.29, 0.717) is 11.8 Å². The zero-order valence-corrected chi connectivity index (χ0v) is 14.1. The number of rotatable bonds is 2. The molecule has 1 saturated heterocycles. The fourth-order valence-electron chi connectivity index (χ4n) is 2.86. The van der Waals surface area contributed by atoms with E-state index in [0.717, 1.165) is 12.1 Å². The van der Waals surface area contributed by atoms with Gasteiger partial charge in [-0.05, 0) is 19.1 Å². The highest BCUT2D eigenvalue weighted by Gasteiger charge is 2.27. The molecular formula is C18H17F2N3O3. The molecule has 1 N–H and O–H groups in total. The zero-order valence-electron chi connectivity index (χ0n) is 14.1. The number of hydrogen-bond donors (Lipinski definition) is 1. The zero-order chi connectivity index (χ0) is 18.8. The summed E-state index contributed by atoms with van der Waals surface area (Å²) in [5.41, 5.74) is 0.127. The minimum atomic E-state index is -0.917. The van der Waals surface area contributed by atoms with Gasteiger partial charge in [-0.2, -0.15) is 0 Å². The molecule has 2 amide bonds. The summed E-state index contributed by atoms with van der Waals surface area (Å²) >= 11 is 0. The third-order valence-corrected chi connectivity index (χ3v) is 4.30. The molecule has 26 heavy (non-hydrogen) atoms. The number of pyridine rings is 1. The Morgan fingerprint density at radius 3 is 2.08 bits per heavy atom. The molecule has 0 atom stereocenters. The predicted octanol–water partition coefficient (Wildman–Crippen LogP) is 1.56. The van der Waals surface area contributed by atoms with E-state index >= 15 is 0 Å². The van der Waals surface area contributed by atoms with E-state index in [9.17, 15) is 23.2 Å². The van der Waals surface area contributed by atoms with Crippen molar-refractivity contribution in [2.75, 3.05) is 26.2 Å². The van der Waals surface area contributed by atoms with E-state index in [-0.39, 0.29) is 42.7 Å². The van der Waals surface area contributed by atoms with Crippen LogP contribution in [-0.2, 0) is 0 Å². The molecule has 1 aromatic carbocycles. The number of nitrogens with zero attached hydrogens (tertiary/aromatic N) is 2. The summed E-state index contributed by atoms with van der Waals surface area (Å²) in [4.78, 5) is 42.5. The predicted molar refractivity (Wildman–Crippen MR) is 90.0 cm³/mol. The van der Waals surface area contributed by atoms with Gasteiger partial charge in [0.15, 0.2) is 5.43 Å². The summed E-state index contributed by atoms with van der Waals surface area (Å²) in [7, 11) is 0. The number of benzene rings is 1. The number of aromatic nitrogens is 1. The lowest BCUT2D eigenvalue weighted by Crippen LogP contribution is -2.51. The third kappa shape index (κ3) is 3.49. The summed E-state index contributed by atoms with van der Waals surface area (Å²) in [6.45, 7) is 2.56. The number of amides is 2. The topological polar surface area (TPSA) is 73.5 Å². The van der Waals surface area contributed by atoms with Crippen LogP contribution in [0, 0.1) is 18.6 Å². The van der Waals surface area contributed by atoms with E-state index in [1.165, 1.54) is 22.1 Å². The molecule has 0 radical (unpaired) electrons. The molecular weight excluding hydrogens is 344 g/mol. The number of hydrogen-bond acceptors (Lipinski definition) is 3. The van der Waals surface area contributed by atoms with Crippen LogP contribution in [0.25, 0.3) is 0 Å². The van der Waals surface area contributed by atoms with Crippen LogP contribution in [0.4, 0.5) is 8.78 Å². The average Bonchev–Trinajstić information content (AvgIpc) is 2.61. The van der Waals surface area contributed by atoms with Gasteiger partial charge in [0.25, 0.3) is 11.8 Å². The Kier molecular flexibility index (Phi) is 4.83. The number of carbonyl (C=O) groups is 2. The molecule has 136 valence electrons. The van der Waals surface area contributed by atoms with Crippen LogP contribution in [0.15, 0.2) is 35.3 Å². The maximum atomic E-state index is 13.8. The second-order valence-corrected chi connectivity index (χ2v) is 6.10. The van der Waals surface area contributed by atoms with Gasteiger partial charge in [-0.3, -0.25) is 14.4 Å². The molecule has 0 saturated carbocycles. The first-order valence-corrected chi connectivity index (χ1v) is 8.10. The van der Waals surface area contributed by atoms with Crippen molar-refractivity contribution in [2.24, 2.45) is 0 Å². The second-order valence-electron chi connectivity index (χ2n) is 6.10. The van der Waals surface area contributed by atoms with Gasteiger partial charge in [0.05, 0.1) is 5.56 Å². The van der Waals surface area contributed by atoms with Gasteiger partial charge in [-0.1, -0.05) is 0 Å². The van der Waals surface area contributed by atoms with E-state index in [2.05, 4.69) is 4.98 Å². The van der Waals surface area contributed by atoms with Crippen LogP contribution in [0.5, 0.6) is 0 Å². The summed E-state index contributed by atoms with van der Waals surface area (Å²) in [6.07, 6.45) is 1.38. The van der Waals surface area contributed by atoms with Crippen molar-refractivity contribution in [2.45, 2.75) is 6.92 Å². The Morgan fingerprint density at radius 1 is 0.962 bits per heavy atom. The first-order valence-electron chi connectivity index (χ1n) is 8.10. The number of halogens is 2. The van der Waals surface area contributed by atoms with Gasteiger partial charge < -0.3 is 14.8 Å². The highest BCUT2D eigenvalue weighted by molar-refractivity contribution is 5.96. The number of aryl methyl sites for hydroxylation is 1. The highest BCUT2D eigenvalue weighted by Crippen LogP contribution is 2.14. The van der Waals surface area contributed by atoms with Crippen molar-refractivity contribution in [3.8, 4) is 0 Å². The van der Waals surface area contributed by atoms with Crippen LogP contribution < -0.4 is 5.43 Å². The van der Waals surface area contributed by atoms with Gasteiger partial charge in [0, 0.05) is 50.2 Å². The number of carbonyl (C=O) groups excluding carboxylic acids is 2. The Balaban J connectivity index is 1.68. The maximum absolute atomic E-state index is 13.8. The fraction of sp³-hybridized carbons (Fsp3) is 0.278. The number of H-pyrrole nitrogens is 1. The largest absolute Gasteiger partial charge is 0.364 e. The second kappa shape index (κ2) is 7.07. The molecule has 1 aromatic heterocycles. The molecule has 2 heterocycles. The van der Waals surface area contributed by atoms with Crippen molar-refractivity contribution < 1.29 is 18.4 Å². The number of aromatic amines is 1. The smallest absolute Gasteiger partial charge is 0.259 e. The lowest BCUT2D eigenvalue weighted by atomic mass is 10.1. The van der Waals surface area contributed by atoms with Crippen LogP contribution in [0.3, 0.4) is 0 Å². The van der Waals surface area contributed by atoms with Crippen molar-refractivity contribution in [3.05, 3.63) is 69.1 Å². The molecule has 2 aromatic rings. The molecule has 3 rings (SSSR count). The standard InChI is InChI=1S/C18H17F2N3O3/c1-11-8-16(24)14(10-21-11)18(26)23-6-4-22(5-7-23)17(25)13-3-2-12(19)9-15(13)20/h2-3,8-10H,4-7H2,1H3,(H,21,24). The minimum Gasteiger partial charge on any atom is -0.364 e. The molecule has 0 spiro atoms. The molecule has 0 unspecified atom stereocenters. The van der Waals surface area contributed by atoms with Gasteiger partial charge in [0.2, 0.25) is 0 Å². The Morgan fingerprint density at radius 2 is 1.54 bits per heavy atom. The van der Waals surface area contributed by atoms with Crippen molar-refractivity contribution in [3.63, 3.8) is 0 Å². The molecule has 1 aliphatic rings. The Hall–Kier alpha value is -3.03. The monoisotopic (exact) mass is 361 g/mol.